The molecule has 2 heterocycles. The number of benzene rings is 1. The van der Waals surface area contributed by atoms with Gasteiger partial charge in [-0.3, -0.25) is 4.98 Å². The van der Waals surface area contributed by atoms with E-state index in [4.69, 9.17) is 4.74 Å². The number of para-hydroxylation sites is 1. The van der Waals surface area contributed by atoms with Gasteiger partial charge in [-0.05, 0) is 51.0 Å². The van der Waals surface area contributed by atoms with Crippen molar-refractivity contribution in [1.82, 2.24) is 15.3 Å². The quantitative estimate of drug-likeness (QED) is 0.746. The minimum absolute atomic E-state index is 0.391. The van der Waals surface area contributed by atoms with Crippen LogP contribution in [0.3, 0.4) is 0 Å². The van der Waals surface area contributed by atoms with Gasteiger partial charge in [0.15, 0.2) is 0 Å². The van der Waals surface area contributed by atoms with Crippen molar-refractivity contribution in [2.75, 3.05) is 6.54 Å². The van der Waals surface area contributed by atoms with Crippen molar-refractivity contribution in [3.63, 3.8) is 0 Å². The molecule has 3 rings (SSSR count). The maximum absolute atomic E-state index is 11.9. The SMILES string of the molecule is CC(C)(C)OC(=O)NCCc1c(-c2ccncc2)[nH]c2ccccc12. The van der Waals surface area contributed by atoms with Gasteiger partial charge in [-0.1, -0.05) is 18.2 Å². The Kier molecular flexibility index (Phi) is 4.74. The van der Waals surface area contributed by atoms with Crippen LogP contribution in [0.25, 0.3) is 22.2 Å². The Morgan fingerprint density at radius 1 is 1.16 bits per heavy atom. The van der Waals surface area contributed by atoms with Crippen molar-refractivity contribution in [3.8, 4) is 11.3 Å². The summed E-state index contributed by atoms with van der Waals surface area (Å²) in [6.45, 7) is 6.07. The molecule has 2 aromatic heterocycles. The molecule has 0 radical (unpaired) electrons. The number of ether oxygens (including phenoxy) is 1. The van der Waals surface area contributed by atoms with Gasteiger partial charge >= 0.3 is 6.09 Å². The largest absolute Gasteiger partial charge is 0.444 e. The highest BCUT2D eigenvalue weighted by Gasteiger charge is 2.17. The summed E-state index contributed by atoms with van der Waals surface area (Å²) in [6, 6.07) is 12.2. The number of aromatic amines is 1. The first-order valence-electron chi connectivity index (χ1n) is 8.41. The number of carbonyl (C=O) groups is 1. The Morgan fingerprint density at radius 2 is 1.88 bits per heavy atom. The Labute approximate surface area is 147 Å². The lowest BCUT2D eigenvalue weighted by molar-refractivity contribution is 0.0528. The number of alkyl carbamates (subject to hydrolysis) is 1. The van der Waals surface area contributed by atoms with Crippen LogP contribution in [0.1, 0.15) is 26.3 Å². The molecule has 5 nitrogen and oxygen atoms in total. The highest BCUT2D eigenvalue weighted by Crippen LogP contribution is 2.30. The normalized spacial score (nSPS) is 11.5. The lowest BCUT2D eigenvalue weighted by Gasteiger charge is -2.19. The standard InChI is InChI=1S/C20H23N3O2/c1-20(2,3)25-19(24)22-13-10-16-15-6-4-5-7-17(15)23-18(16)14-8-11-21-12-9-14/h4-9,11-12,23H,10,13H2,1-3H3,(H,22,24). The summed E-state index contributed by atoms with van der Waals surface area (Å²) in [5.41, 5.74) is 3.92. The molecule has 5 heteroatoms. The molecule has 0 atom stereocenters. The van der Waals surface area contributed by atoms with E-state index in [1.165, 1.54) is 10.9 Å². The molecular formula is C20H23N3O2. The smallest absolute Gasteiger partial charge is 0.407 e. The van der Waals surface area contributed by atoms with Gasteiger partial charge in [0, 0.05) is 41.1 Å². The van der Waals surface area contributed by atoms with Crippen molar-refractivity contribution >= 4 is 17.0 Å². The predicted molar refractivity (Wildman–Crippen MR) is 99.5 cm³/mol. The highest BCUT2D eigenvalue weighted by molar-refractivity contribution is 5.90. The first-order chi connectivity index (χ1) is 11.9. The van der Waals surface area contributed by atoms with Crippen molar-refractivity contribution < 1.29 is 9.53 Å². The number of hydrogen-bond acceptors (Lipinski definition) is 3. The van der Waals surface area contributed by atoms with Gasteiger partial charge in [0.2, 0.25) is 0 Å². The second-order valence-electron chi connectivity index (χ2n) is 6.94. The molecule has 0 aliphatic heterocycles. The Balaban J connectivity index is 1.81. The van der Waals surface area contributed by atoms with Gasteiger partial charge in [0.05, 0.1) is 0 Å². The van der Waals surface area contributed by atoms with Crippen molar-refractivity contribution in [1.29, 1.82) is 0 Å². The molecule has 3 aromatic rings. The molecule has 0 spiro atoms. The lowest BCUT2D eigenvalue weighted by atomic mass is 10.0. The zero-order chi connectivity index (χ0) is 17.9. The van der Waals surface area contributed by atoms with E-state index >= 15 is 0 Å². The summed E-state index contributed by atoms with van der Waals surface area (Å²) in [5.74, 6) is 0. The zero-order valence-corrected chi connectivity index (χ0v) is 14.8. The van der Waals surface area contributed by atoms with Crippen molar-refractivity contribution in [2.45, 2.75) is 32.8 Å². The summed E-state index contributed by atoms with van der Waals surface area (Å²) in [5, 5.41) is 4.00. The number of hydrogen-bond donors (Lipinski definition) is 2. The fourth-order valence-electron chi connectivity index (χ4n) is 2.83. The van der Waals surface area contributed by atoms with E-state index in [1.54, 1.807) is 12.4 Å². The van der Waals surface area contributed by atoms with Gasteiger partial charge in [-0.15, -0.1) is 0 Å². The average molecular weight is 337 g/mol. The molecule has 130 valence electrons. The number of carbonyl (C=O) groups excluding carboxylic acids is 1. The molecule has 0 fully saturated rings. The van der Waals surface area contributed by atoms with Crippen LogP contribution in [0.4, 0.5) is 4.79 Å². The Morgan fingerprint density at radius 3 is 2.60 bits per heavy atom. The topological polar surface area (TPSA) is 67.0 Å². The van der Waals surface area contributed by atoms with E-state index in [2.05, 4.69) is 27.4 Å². The fourth-order valence-corrected chi connectivity index (χ4v) is 2.83. The molecule has 0 aliphatic rings. The van der Waals surface area contributed by atoms with E-state index < -0.39 is 11.7 Å². The van der Waals surface area contributed by atoms with Gasteiger partial charge in [0.1, 0.15) is 5.60 Å². The number of amides is 1. The summed E-state index contributed by atoms with van der Waals surface area (Å²) < 4.78 is 5.29. The highest BCUT2D eigenvalue weighted by atomic mass is 16.6. The molecule has 0 saturated heterocycles. The molecule has 25 heavy (non-hydrogen) atoms. The molecule has 0 aliphatic carbocycles. The van der Waals surface area contributed by atoms with Crippen LogP contribution in [0.15, 0.2) is 48.8 Å². The number of rotatable bonds is 4. The summed E-state index contributed by atoms with van der Waals surface area (Å²) in [4.78, 5) is 19.4. The van der Waals surface area contributed by atoms with E-state index in [9.17, 15) is 4.79 Å². The minimum atomic E-state index is -0.493. The maximum atomic E-state index is 11.9. The first-order valence-corrected chi connectivity index (χ1v) is 8.41. The Hall–Kier alpha value is -2.82. The van der Waals surface area contributed by atoms with E-state index in [1.807, 2.05) is 45.0 Å². The van der Waals surface area contributed by atoms with E-state index in [0.717, 1.165) is 16.8 Å². The number of aromatic nitrogens is 2. The molecular weight excluding hydrogens is 314 g/mol. The molecule has 0 unspecified atom stereocenters. The third-order valence-corrected chi connectivity index (χ3v) is 3.83. The minimum Gasteiger partial charge on any atom is -0.444 e. The van der Waals surface area contributed by atoms with Crippen molar-refractivity contribution in [2.24, 2.45) is 0 Å². The molecule has 0 bridgehead atoms. The van der Waals surface area contributed by atoms with Crippen LogP contribution >= 0.6 is 0 Å². The lowest BCUT2D eigenvalue weighted by Crippen LogP contribution is -2.33. The molecule has 1 aromatic carbocycles. The maximum Gasteiger partial charge on any atom is 0.407 e. The molecule has 0 saturated carbocycles. The van der Waals surface area contributed by atoms with Crippen LogP contribution in [0.2, 0.25) is 0 Å². The van der Waals surface area contributed by atoms with Gasteiger partial charge in [-0.25, -0.2) is 4.79 Å². The van der Waals surface area contributed by atoms with Crippen LogP contribution in [-0.4, -0.2) is 28.2 Å². The third kappa shape index (κ3) is 4.18. The third-order valence-electron chi connectivity index (χ3n) is 3.83. The second-order valence-corrected chi connectivity index (χ2v) is 6.94. The van der Waals surface area contributed by atoms with E-state index in [0.29, 0.717) is 13.0 Å². The second kappa shape index (κ2) is 6.97. The average Bonchev–Trinajstić information content (AvgIpc) is 2.93. The monoisotopic (exact) mass is 337 g/mol. The summed E-state index contributed by atoms with van der Waals surface area (Å²) >= 11 is 0. The number of pyridine rings is 1. The van der Waals surface area contributed by atoms with Gasteiger partial charge in [-0.2, -0.15) is 0 Å². The number of nitrogens with one attached hydrogen (secondary N) is 2. The van der Waals surface area contributed by atoms with Gasteiger partial charge in [0.25, 0.3) is 0 Å². The van der Waals surface area contributed by atoms with Crippen molar-refractivity contribution in [3.05, 3.63) is 54.4 Å². The molecule has 2 N–H and O–H groups in total. The summed E-state index contributed by atoms with van der Waals surface area (Å²) in [6.07, 6.45) is 3.88. The van der Waals surface area contributed by atoms with Crippen LogP contribution in [-0.2, 0) is 11.2 Å². The van der Waals surface area contributed by atoms with Crippen LogP contribution < -0.4 is 5.32 Å². The zero-order valence-electron chi connectivity index (χ0n) is 14.8. The first kappa shape index (κ1) is 17.0. The number of fused-ring (bicyclic) bond motifs is 1. The number of H-pyrrole nitrogens is 1. The van der Waals surface area contributed by atoms with Crippen LogP contribution in [0, 0.1) is 0 Å². The molecule has 1 amide bonds. The number of nitrogens with zero attached hydrogens (tertiary/aromatic N) is 1. The van der Waals surface area contributed by atoms with Gasteiger partial charge < -0.3 is 15.0 Å². The van der Waals surface area contributed by atoms with Crippen LogP contribution in [0.5, 0.6) is 0 Å². The summed E-state index contributed by atoms with van der Waals surface area (Å²) in [7, 11) is 0. The fraction of sp³-hybridized carbons (Fsp3) is 0.300. The predicted octanol–water partition coefficient (Wildman–Crippen LogP) is 4.30. The Bertz CT molecular complexity index is 864. The van der Waals surface area contributed by atoms with E-state index in [-0.39, 0.29) is 0 Å².